The number of aryl methyl sites for hydroxylation is 2. The molecule has 20 heavy (non-hydrogen) atoms. The number of hydrogen-bond donors (Lipinski definition) is 1. The highest BCUT2D eigenvalue weighted by Crippen LogP contribution is 2.36. The fraction of sp³-hybridized carbons (Fsp3) is 0.300. The van der Waals surface area contributed by atoms with Gasteiger partial charge in [-0.15, -0.1) is 11.3 Å². The second-order valence-electron chi connectivity index (χ2n) is 3.91. The lowest BCUT2D eigenvalue weighted by Gasteiger charge is -1.91. The molecule has 0 fully saturated rings. The minimum Gasteiger partial charge on any atom is -0.481 e. The fourth-order valence-corrected chi connectivity index (χ4v) is 3.72. The number of rotatable bonds is 5. The van der Waals surface area contributed by atoms with Gasteiger partial charge >= 0.3 is 11.7 Å². The third kappa shape index (κ3) is 3.14. The average molecular weight is 314 g/mol. The number of carboxylic acid groups (broad SMARTS) is 1. The lowest BCUT2D eigenvalue weighted by atomic mass is 10.3. The molecule has 0 unspecified atom stereocenters. The number of carboxylic acids is 1. The van der Waals surface area contributed by atoms with Crippen LogP contribution in [-0.2, 0) is 18.3 Å². The van der Waals surface area contributed by atoms with Crippen molar-refractivity contribution in [1.82, 2.24) is 14.8 Å². The van der Waals surface area contributed by atoms with E-state index in [2.05, 4.69) is 10.1 Å². The van der Waals surface area contributed by atoms with E-state index < -0.39 is 10.9 Å². The van der Waals surface area contributed by atoms with Gasteiger partial charge in [-0.1, -0.05) is 0 Å². The predicted molar refractivity (Wildman–Crippen MR) is 72.2 cm³/mol. The van der Waals surface area contributed by atoms with Gasteiger partial charge in [0, 0.05) is 11.9 Å². The fourth-order valence-electron chi connectivity index (χ4n) is 1.48. The highest BCUT2D eigenvalue weighted by atomic mass is 32.2. The van der Waals surface area contributed by atoms with Crippen molar-refractivity contribution in [3.05, 3.63) is 26.9 Å². The molecule has 0 atom stereocenters. The summed E-state index contributed by atoms with van der Waals surface area (Å²) in [5.41, 5.74) is 0.531. The van der Waals surface area contributed by atoms with Crippen molar-refractivity contribution in [3.63, 3.8) is 0 Å². The second-order valence-corrected chi connectivity index (χ2v) is 6.23. The van der Waals surface area contributed by atoms with Gasteiger partial charge in [0.2, 0.25) is 5.03 Å². The van der Waals surface area contributed by atoms with Gasteiger partial charge in [0.15, 0.2) is 4.34 Å². The third-order valence-electron chi connectivity index (χ3n) is 2.34. The van der Waals surface area contributed by atoms with E-state index in [1.807, 2.05) is 0 Å². The quantitative estimate of drug-likeness (QED) is 0.662. The first kappa shape index (κ1) is 14.5. The maximum absolute atomic E-state index is 10.9. The van der Waals surface area contributed by atoms with E-state index in [1.54, 1.807) is 14.0 Å². The van der Waals surface area contributed by atoms with Crippen LogP contribution in [0.15, 0.2) is 15.6 Å². The molecule has 0 saturated carbocycles. The van der Waals surface area contributed by atoms with Gasteiger partial charge in [0.1, 0.15) is 6.20 Å². The van der Waals surface area contributed by atoms with E-state index in [9.17, 15) is 14.9 Å². The van der Waals surface area contributed by atoms with Crippen molar-refractivity contribution < 1.29 is 14.8 Å². The van der Waals surface area contributed by atoms with Crippen LogP contribution >= 0.6 is 23.1 Å². The summed E-state index contributed by atoms with van der Waals surface area (Å²) in [4.78, 5) is 25.9. The van der Waals surface area contributed by atoms with Gasteiger partial charge in [-0.2, -0.15) is 5.10 Å². The second kappa shape index (κ2) is 5.59. The summed E-state index contributed by atoms with van der Waals surface area (Å²) in [5, 5.41) is 23.9. The van der Waals surface area contributed by atoms with Crippen LogP contribution in [0.4, 0.5) is 5.69 Å². The molecule has 0 aliphatic heterocycles. The lowest BCUT2D eigenvalue weighted by molar-refractivity contribution is -0.387. The molecule has 1 N–H and O–H groups in total. The predicted octanol–water partition coefficient (Wildman–Crippen LogP) is 1.87. The molecular weight excluding hydrogens is 304 g/mol. The molecule has 0 saturated heterocycles. The average Bonchev–Trinajstić information content (AvgIpc) is 2.83. The first-order valence-electron chi connectivity index (χ1n) is 5.40. The minimum atomic E-state index is -0.933. The molecular formula is C10H10N4O4S2. The molecule has 106 valence electrons. The normalized spacial score (nSPS) is 10.7. The van der Waals surface area contributed by atoms with Crippen molar-refractivity contribution in [1.29, 1.82) is 0 Å². The Bertz CT molecular complexity index is 679. The molecule has 2 aromatic heterocycles. The number of hydrogen-bond acceptors (Lipinski definition) is 7. The van der Waals surface area contributed by atoms with Crippen molar-refractivity contribution >= 4 is 34.8 Å². The maximum Gasteiger partial charge on any atom is 0.321 e. The van der Waals surface area contributed by atoms with Crippen LogP contribution in [0.3, 0.4) is 0 Å². The van der Waals surface area contributed by atoms with Gasteiger partial charge in [0.05, 0.1) is 17.0 Å². The Labute approximate surface area is 121 Å². The van der Waals surface area contributed by atoms with E-state index in [0.29, 0.717) is 14.9 Å². The van der Waals surface area contributed by atoms with E-state index >= 15 is 0 Å². The van der Waals surface area contributed by atoms with E-state index in [4.69, 9.17) is 5.11 Å². The smallest absolute Gasteiger partial charge is 0.321 e. The molecule has 0 aromatic carbocycles. The Morgan fingerprint density at radius 2 is 2.35 bits per heavy atom. The molecule has 8 nitrogen and oxygen atoms in total. The standard InChI is InChI=1S/C10H10N4O4S2/c1-5-7(3-8(15)16)19-10(11-5)20-9-6(14(17)18)4-13(2)12-9/h4H,3H2,1-2H3,(H,15,16). The molecule has 0 aliphatic rings. The summed E-state index contributed by atoms with van der Waals surface area (Å²) in [6, 6.07) is 0. The number of aromatic nitrogens is 3. The molecule has 0 spiro atoms. The maximum atomic E-state index is 10.9. The van der Waals surface area contributed by atoms with Crippen LogP contribution in [-0.4, -0.2) is 30.8 Å². The van der Waals surface area contributed by atoms with E-state index in [-0.39, 0.29) is 17.1 Å². The van der Waals surface area contributed by atoms with Crippen LogP contribution in [0, 0.1) is 17.0 Å². The molecule has 0 radical (unpaired) electrons. The van der Waals surface area contributed by atoms with Crippen LogP contribution in [0.5, 0.6) is 0 Å². The van der Waals surface area contributed by atoms with Gasteiger partial charge in [-0.05, 0) is 18.7 Å². The Morgan fingerprint density at radius 3 is 2.95 bits per heavy atom. The van der Waals surface area contributed by atoms with Gasteiger partial charge < -0.3 is 5.11 Å². The highest BCUT2D eigenvalue weighted by molar-refractivity contribution is 8.01. The Hall–Kier alpha value is -1.94. The lowest BCUT2D eigenvalue weighted by Crippen LogP contribution is -1.99. The highest BCUT2D eigenvalue weighted by Gasteiger charge is 2.21. The first-order chi connectivity index (χ1) is 9.36. The molecule has 2 rings (SSSR count). The van der Waals surface area contributed by atoms with Crippen molar-refractivity contribution in [2.45, 2.75) is 22.7 Å². The van der Waals surface area contributed by atoms with Crippen LogP contribution < -0.4 is 0 Å². The summed E-state index contributed by atoms with van der Waals surface area (Å²) in [5.74, 6) is -0.933. The number of thiazole rings is 1. The number of carbonyl (C=O) groups is 1. The number of nitrogens with zero attached hydrogens (tertiary/aromatic N) is 4. The zero-order valence-corrected chi connectivity index (χ0v) is 12.2. The summed E-state index contributed by atoms with van der Waals surface area (Å²) in [6.07, 6.45) is 1.22. The van der Waals surface area contributed by atoms with Gasteiger partial charge in [-0.3, -0.25) is 19.6 Å². The van der Waals surface area contributed by atoms with Crippen molar-refractivity contribution in [2.24, 2.45) is 7.05 Å². The molecule has 0 amide bonds. The largest absolute Gasteiger partial charge is 0.481 e. The Balaban J connectivity index is 2.26. The van der Waals surface area contributed by atoms with Crippen LogP contribution in [0.2, 0.25) is 0 Å². The van der Waals surface area contributed by atoms with Crippen LogP contribution in [0.1, 0.15) is 10.6 Å². The number of nitro groups is 1. The zero-order valence-electron chi connectivity index (χ0n) is 10.6. The zero-order chi connectivity index (χ0) is 14.9. The van der Waals surface area contributed by atoms with Crippen LogP contribution in [0.25, 0.3) is 0 Å². The summed E-state index contributed by atoms with van der Waals surface area (Å²) < 4.78 is 1.90. The topological polar surface area (TPSA) is 111 Å². The third-order valence-corrected chi connectivity index (χ3v) is 4.54. The van der Waals surface area contributed by atoms with Gasteiger partial charge in [-0.25, -0.2) is 4.98 Å². The van der Waals surface area contributed by atoms with E-state index in [0.717, 1.165) is 11.8 Å². The SMILES string of the molecule is Cc1nc(Sc2nn(C)cc2[N+](=O)[O-])sc1CC(=O)O. The van der Waals surface area contributed by atoms with Crippen molar-refractivity contribution in [3.8, 4) is 0 Å². The molecule has 2 heterocycles. The van der Waals surface area contributed by atoms with Gasteiger partial charge in [0.25, 0.3) is 0 Å². The molecule has 10 heteroatoms. The minimum absolute atomic E-state index is 0.0925. The molecule has 0 aliphatic carbocycles. The molecule has 2 aromatic rings. The summed E-state index contributed by atoms with van der Waals surface area (Å²) in [6.45, 7) is 1.71. The first-order valence-corrected chi connectivity index (χ1v) is 7.04. The molecule has 0 bridgehead atoms. The Kier molecular flexibility index (Phi) is 4.04. The van der Waals surface area contributed by atoms with E-state index in [1.165, 1.54) is 22.2 Å². The monoisotopic (exact) mass is 314 g/mol. The summed E-state index contributed by atoms with van der Waals surface area (Å²) in [7, 11) is 1.60. The summed E-state index contributed by atoms with van der Waals surface area (Å²) >= 11 is 2.28. The number of aliphatic carboxylic acids is 1. The Morgan fingerprint density at radius 1 is 1.65 bits per heavy atom. The van der Waals surface area contributed by atoms with Crippen molar-refractivity contribution in [2.75, 3.05) is 0 Å².